The maximum atomic E-state index is 5.50. The van der Waals surface area contributed by atoms with Gasteiger partial charge < -0.3 is 9.47 Å². The Labute approximate surface area is 70.0 Å². The normalized spacial score (nSPS) is 40.5. The second kappa shape index (κ2) is 3.69. The summed E-state index contributed by atoms with van der Waals surface area (Å²) in [5, 5.41) is 0.772. The third-order valence-corrected chi connectivity index (χ3v) is 2.27. The van der Waals surface area contributed by atoms with E-state index in [2.05, 4.69) is 29.8 Å². The van der Waals surface area contributed by atoms with Gasteiger partial charge in [-0.1, -0.05) is 22.9 Å². The van der Waals surface area contributed by atoms with E-state index in [1.165, 1.54) is 0 Å². The Bertz CT molecular complexity index is 108. The molecule has 0 spiro atoms. The van der Waals surface area contributed by atoms with Gasteiger partial charge in [0.2, 0.25) is 0 Å². The van der Waals surface area contributed by atoms with Crippen LogP contribution in [0.5, 0.6) is 0 Å². The molecule has 0 aliphatic carbocycles. The first-order valence-electron chi connectivity index (χ1n) is 3.64. The lowest BCUT2D eigenvalue weighted by atomic mass is 10.2. The highest BCUT2D eigenvalue weighted by Gasteiger charge is 2.30. The molecule has 1 rings (SSSR count). The van der Waals surface area contributed by atoms with Crippen molar-refractivity contribution in [2.45, 2.75) is 38.8 Å². The van der Waals surface area contributed by atoms with E-state index in [4.69, 9.17) is 9.47 Å². The van der Waals surface area contributed by atoms with E-state index in [9.17, 15) is 0 Å². The summed E-state index contributed by atoms with van der Waals surface area (Å²) in [6.45, 7) is 4.16. The van der Waals surface area contributed by atoms with Crippen LogP contribution in [0.4, 0.5) is 0 Å². The monoisotopic (exact) mass is 208 g/mol. The van der Waals surface area contributed by atoms with E-state index in [0.717, 1.165) is 11.8 Å². The first-order valence-corrected chi connectivity index (χ1v) is 4.77. The van der Waals surface area contributed by atoms with Crippen molar-refractivity contribution in [2.24, 2.45) is 0 Å². The van der Waals surface area contributed by atoms with Crippen LogP contribution in [0.25, 0.3) is 0 Å². The molecule has 1 fully saturated rings. The standard InChI is InChI=1S/C7H13BrO2/c1-3-6-5(2)9-7(4-8)10-6/h5-7H,3-4H2,1-2H3. The zero-order chi connectivity index (χ0) is 7.56. The number of hydrogen-bond acceptors (Lipinski definition) is 2. The topological polar surface area (TPSA) is 18.5 Å². The lowest BCUT2D eigenvalue weighted by Gasteiger charge is -2.07. The first kappa shape index (κ1) is 8.50. The Kier molecular flexibility index (Phi) is 3.14. The molecule has 1 saturated heterocycles. The minimum absolute atomic E-state index is 0.0278. The Hall–Kier alpha value is 0.400. The maximum absolute atomic E-state index is 5.50. The van der Waals surface area contributed by atoms with Crippen LogP contribution in [0.15, 0.2) is 0 Å². The molecule has 1 aliphatic heterocycles. The van der Waals surface area contributed by atoms with Gasteiger partial charge in [0.25, 0.3) is 0 Å². The fraction of sp³-hybridized carbons (Fsp3) is 1.00. The van der Waals surface area contributed by atoms with Crippen LogP contribution in [0.3, 0.4) is 0 Å². The highest BCUT2D eigenvalue weighted by Crippen LogP contribution is 2.21. The van der Waals surface area contributed by atoms with Crippen molar-refractivity contribution in [3.05, 3.63) is 0 Å². The van der Waals surface area contributed by atoms with Gasteiger partial charge >= 0.3 is 0 Å². The van der Waals surface area contributed by atoms with Gasteiger partial charge in [-0.25, -0.2) is 0 Å². The van der Waals surface area contributed by atoms with Gasteiger partial charge in [0.1, 0.15) is 0 Å². The molecule has 0 aromatic rings. The Morgan fingerprint density at radius 3 is 2.40 bits per heavy atom. The molecule has 0 N–H and O–H groups in total. The SMILES string of the molecule is CCC1OC(CBr)OC1C. The summed E-state index contributed by atoms with van der Waals surface area (Å²) in [6, 6.07) is 0. The van der Waals surface area contributed by atoms with Gasteiger partial charge in [-0.3, -0.25) is 0 Å². The molecule has 0 aromatic carbocycles. The number of halogens is 1. The number of hydrogen-bond donors (Lipinski definition) is 0. The van der Waals surface area contributed by atoms with Crippen molar-refractivity contribution in [3.63, 3.8) is 0 Å². The largest absolute Gasteiger partial charge is 0.346 e. The fourth-order valence-corrected chi connectivity index (χ4v) is 1.47. The molecule has 10 heavy (non-hydrogen) atoms. The molecule has 1 aliphatic rings. The molecular weight excluding hydrogens is 196 g/mol. The van der Waals surface area contributed by atoms with Crippen LogP contribution in [-0.2, 0) is 9.47 Å². The molecule has 60 valence electrons. The summed E-state index contributed by atoms with van der Waals surface area (Å²) in [6.07, 6.45) is 1.56. The molecule has 0 saturated carbocycles. The average Bonchev–Trinajstić information content (AvgIpc) is 2.30. The first-order chi connectivity index (χ1) is 4.77. The highest BCUT2D eigenvalue weighted by atomic mass is 79.9. The molecule has 0 amide bonds. The summed E-state index contributed by atoms with van der Waals surface area (Å²) in [4.78, 5) is 0. The molecule has 0 bridgehead atoms. The molecule has 0 aromatic heterocycles. The average molecular weight is 209 g/mol. The van der Waals surface area contributed by atoms with Gasteiger partial charge in [-0.05, 0) is 13.3 Å². The van der Waals surface area contributed by atoms with Crippen molar-refractivity contribution < 1.29 is 9.47 Å². The van der Waals surface area contributed by atoms with Crippen molar-refractivity contribution in [1.82, 2.24) is 0 Å². The summed E-state index contributed by atoms with van der Waals surface area (Å²) in [7, 11) is 0. The van der Waals surface area contributed by atoms with Gasteiger partial charge in [0.05, 0.1) is 17.5 Å². The summed E-state index contributed by atoms with van der Waals surface area (Å²) >= 11 is 3.31. The van der Waals surface area contributed by atoms with Gasteiger partial charge in [0.15, 0.2) is 6.29 Å². The van der Waals surface area contributed by atoms with E-state index >= 15 is 0 Å². The highest BCUT2D eigenvalue weighted by molar-refractivity contribution is 9.09. The van der Waals surface area contributed by atoms with Gasteiger partial charge in [-0.2, -0.15) is 0 Å². The fourth-order valence-electron chi connectivity index (χ4n) is 1.17. The van der Waals surface area contributed by atoms with Crippen LogP contribution < -0.4 is 0 Å². The zero-order valence-corrected chi connectivity index (χ0v) is 7.93. The number of alkyl halides is 1. The van der Waals surface area contributed by atoms with Crippen LogP contribution in [0.1, 0.15) is 20.3 Å². The van der Waals surface area contributed by atoms with Crippen molar-refractivity contribution in [3.8, 4) is 0 Å². The van der Waals surface area contributed by atoms with Crippen molar-refractivity contribution in [1.29, 1.82) is 0 Å². The zero-order valence-electron chi connectivity index (χ0n) is 6.34. The summed E-state index contributed by atoms with van der Waals surface area (Å²) in [5.41, 5.74) is 0. The van der Waals surface area contributed by atoms with Crippen LogP contribution in [0.2, 0.25) is 0 Å². The van der Waals surface area contributed by atoms with Crippen LogP contribution in [-0.4, -0.2) is 23.8 Å². The predicted octanol–water partition coefficient (Wildman–Crippen LogP) is 1.92. The van der Waals surface area contributed by atoms with Crippen molar-refractivity contribution >= 4 is 15.9 Å². The second-order valence-electron chi connectivity index (χ2n) is 2.51. The number of ether oxygens (including phenoxy) is 2. The van der Waals surface area contributed by atoms with Gasteiger partial charge in [-0.15, -0.1) is 0 Å². The van der Waals surface area contributed by atoms with Crippen molar-refractivity contribution in [2.75, 3.05) is 5.33 Å². The van der Waals surface area contributed by atoms with E-state index in [0.29, 0.717) is 6.10 Å². The molecule has 3 unspecified atom stereocenters. The van der Waals surface area contributed by atoms with Crippen LogP contribution in [0, 0.1) is 0 Å². The smallest absolute Gasteiger partial charge is 0.168 e. The summed E-state index contributed by atoms with van der Waals surface area (Å²) < 4.78 is 10.9. The van der Waals surface area contributed by atoms with E-state index < -0.39 is 0 Å². The minimum atomic E-state index is -0.0278. The van der Waals surface area contributed by atoms with Crippen LogP contribution >= 0.6 is 15.9 Å². The Morgan fingerprint density at radius 2 is 2.10 bits per heavy atom. The second-order valence-corrected chi connectivity index (χ2v) is 3.16. The Morgan fingerprint density at radius 1 is 1.40 bits per heavy atom. The molecule has 0 radical (unpaired) electrons. The lowest BCUT2D eigenvalue weighted by Crippen LogP contribution is -2.17. The molecule has 3 heteroatoms. The molecule has 2 nitrogen and oxygen atoms in total. The predicted molar refractivity (Wildman–Crippen MR) is 43.3 cm³/mol. The third-order valence-electron chi connectivity index (χ3n) is 1.74. The van der Waals surface area contributed by atoms with Gasteiger partial charge in [0, 0.05) is 0 Å². The van der Waals surface area contributed by atoms with E-state index in [-0.39, 0.29) is 12.4 Å². The molecule has 1 heterocycles. The van der Waals surface area contributed by atoms with E-state index in [1.54, 1.807) is 0 Å². The molecule has 3 atom stereocenters. The number of rotatable bonds is 2. The third kappa shape index (κ3) is 1.71. The lowest BCUT2D eigenvalue weighted by molar-refractivity contribution is -0.0446. The summed E-state index contributed by atoms with van der Waals surface area (Å²) in [5.74, 6) is 0. The minimum Gasteiger partial charge on any atom is -0.346 e. The van der Waals surface area contributed by atoms with E-state index in [1.807, 2.05) is 0 Å². The Balaban J connectivity index is 2.36. The maximum Gasteiger partial charge on any atom is 0.168 e. The quantitative estimate of drug-likeness (QED) is 0.647. The molecular formula is C7H13BrO2.